The molecule has 4 amide bonds. The van der Waals surface area contributed by atoms with Gasteiger partial charge < -0.3 is 15.4 Å². The van der Waals surface area contributed by atoms with Gasteiger partial charge in [0.05, 0.1) is 30.7 Å². The Hall–Kier alpha value is -4.01. The van der Waals surface area contributed by atoms with Crippen LogP contribution in [0.15, 0.2) is 42.5 Å². The van der Waals surface area contributed by atoms with Crippen LogP contribution in [0.25, 0.3) is 0 Å². The fraction of sp³-hybridized carbons (Fsp3) is 0.261. The maximum Gasteiger partial charge on any atom is 0.319 e. The fourth-order valence-corrected chi connectivity index (χ4v) is 3.96. The first kappa shape index (κ1) is 21.2. The number of methoxy groups -OCH3 is 1. The van der Waals surface area contributed by atoms with Crippen molar-refractivity contribution in [3.8, 4) is 5.75 Å². The highest BCUT2D eigenvalue weighted by atomic mass is 16.5. The van der Waals surface area contributed by atoms with Crippen LogP contribution in [0.4, 0.5) is 10.5 Å². The smallest absolute Gasteiger partial charge is 0.319 e. The zero-order chi connectivity index (χ0) is 22.8. The number of hydrogen-bond acceptors (Lipinski definition) is 6. The number of rotatable bonds is 5. The molecule has 1 unspecified atom stereocenters. The Balaban J connectivity index is 1.47. The third-order valence-electron chi connectivity index (χ3n) is 5.57. The molecule has 0 radical (unpaired) electrons. The molecule has 1 heterocycles. The zero-order valence-electron chi connectivity index (χ0n) is 17.3. The summed E-state index contributed by atoms with van der Waals surface area (Å²) in [5.74, 6) is -1.08. The van der Waals surface area contributed by atoms with Crippen molar-refractivity contribution in [2.45, 2.75) is 31.8 Å². The Morgan fingerprint density at radius 2 is 1.81 bits per heavy atom. The molecule has 9 heteroatoms. The summed E-state index contributed by atoms with van der Waals surface area (Å²) in [5, 5.41) is 5.35. The van der Waals surface area contributed by atoms with Crippen molar-refractivity contribution in [3.63, 3.8) is 0 Å². The number of nitrogens with one attached hydrogen (secondary N) is 2. The minimum Gasteiger partial charge on any atom is -0.497 e. The Kier molecular flexibility index (Phi) is 5.72. The number of ether oxygens (including phenoxy) is 1. The first-order valence-corrected chi connectivity index (χ1v) is 10.1. The normalized spacial score (nSPS) is 17.9. The Morgan fingerprint density at radius 1 is 1.06 bits per heavy atom. The number of fused-ring (bicyclic) bond motifs is 1. The number of anilines is 1. The van der Waals surface area contributed by atoms with Crippen molar-refractivity contribution in [2.24, 2.45) is 0 Å². The Labute approximate surface area is 183 Å². The topological polar surface area (TPSA) is 122 Å². The monoisotopic (exact) mass is 435 g/mol. The third kappa shape index (κ3) is 3.96. The van der Waals surface area contributed by atoms with Crippen molar-refractivity contribution < 1.29 is 28.7 Å². The summed E-state index contributed by atoms with van der Waals surface area (Å²) in [6.45, 7) is 0.00905. The molecule has 2 aromatic carbocycles. The summed E-state index contributed by atoms with van der Waals surface area (Å²) in [5.41, 5.74) is 1.39. The predicted molar refractivity (Wildman–Crippen MR) is 113 cm³/mol. The van der Waals surface area contributed by atoms with Gasteiger partial charge in [0.1, 0.15) is 11.5 Å². The SMILES string of the molecule is COc1ccc(NC(=O)NCc2cccc3c2C(=O)N(C2CCC(=O)CC2=O)C3=O)cc1. The molecule has 1 fully saturated rings. The number of Topliss-reactive ketones (excluding diaryl/α,β-unsaturated/α-hetero) is 2. The summed E-state index contributed by atoms with van der Waals surface area (Å²) >= 11 is 0. The molecule has 1 aliphatic carbocycles. The minimum absolute atomic E-state index is 0.00905. The molecule has 1 saturated carbocycles. The molecule has 4 rings (SSSR count). The number of carbonyl (C=O) groups is 5. The predicted octanol–water partition coefficient (Wildman–Crippen LogP) is 2.30. The van der Waals surface area contributed by atoms with Crippen LogP contribution in [0.5, 0.6) is 5.75 Å². The van der Waals surface area contributed by atoms with Crippen LogP contribution in [0, 0.1) is 0 Å². The molecular formula is C23H21N3O6. The van der Waals surface area contributed by atoms with Gasteiger partial charge >= 0.3 is 6.03 Å². The van der Waals surface area contributed by atoms with Crippen LogP contribution in [0.1, 0.15) is 45.5 Å². The lowest BCUT2D eigenvalue weighted by Crippen LogP contribution is -2.47. The molecule has 1 atom stereocenters. The Bertz CT molecular complexity index is 1130. The number of urea groups is 1. The first-order chi connectivity index (χ1) is 15.4. The van der Waals surface area contributed by atoms with E-state index in [9.17, 15) is 24.0 Å². The van der Waals surface area contributed by atoms with E-state index in [-0.39, 0.29) is 42.7 Å². The molecule has 1 aliphatic heterocycles. The molecular weight excluding hydrogens is 414 g/mol. The molecule has 0 aromatic heterocycles. The van der Waals surface area contributed by atoms with E-state index in [0.717, 1.165) is 4.90 Å². The molecule has 0 spiro atoms. The summed E-state index contributed by atoms with van der Waals surface area (Å²) in [7, 11) is 1.55. The van der Waals surface area contributed by atoms with Crippen molar-refractivity contribution >= 4 is 35.1 Å². The summed E-state index contributed by atoms with van der Waals surface area (Å²) in [6, 6.07) is 10.2. The molecule has 0 saturated heterocycles. The van der Waals surface area contributed by atoms with Gasteiger partial charge in [0.15, 0.2) is 5.78 Å². The van der Waals surface area contributed by atoms with Crippen LogP contribution in [0.3, 0.4) is 0 Å². The zero-order valence-corrected chi connectivity index (χ0v) is 17.3. The van der Waals surface area contributed by atoms with E-state index >= 15 is 0 Å². The molecule has 2 aromatic rings. The summed E-state index contributed by atoms with van der Waals surface area (Å²) in [6.07, 6.45) is 0.0305. The van der Waals surface area contributed by atoms with Gasteiger partial charge in [-0.15, -0.1) is 0 Å². The van der Waals surface area contributed by atoms with Crippen LogP contribution >= 0.6 is 0 Å². The second kappa shape index (κ2) is 8.62. The van der Waals surface area contributed by atoms with E-state index in [0.29, 0.717) is 17.0 Å². The number of benzene rings is 2. The minimum atomic E-state index is -0.931. The van der Waals surface area contributed by atoms with E-state index in [1.54, 1.807) is 43.5 Å². The Morgan fingerprint density at radius 3 is 2.50 bits per heavy atom. The molecule has 164 valence electrons. The average Bonchev–Trinajstić information content (AvgIpc) is 3.04. The molecule has 2 aliphatic rings. The summed E-state index contributed by atoms with van der Waals surface area (Å²) < 4.78 is 5.08. The van der Waals surface area contributed by atoms with Gasteiger partial charge in [0.25, 0.3) is 11.8 Å². The van der Waals surface area contributed by atoms with E-state index in [1.165, 1.54) is 6.07 Å². The van der Waals surface area contributed by atoms with Gasteiger partial charge in [-0.3, -0.25) is 24.1 Å². The van der Waals surface area contributed by atoms with E-state index in [2.05, 4.69) is 10.6 Å². The highest BCUT2D eigenvalue weighted by Crippen LogP contribution is 2.31. The van der Waals surface area contributed by atoms with Crippen LogP contribution < -0.4 is 15.4 Å². The second-order valence-electron chi connectivity index (χ2n) is 7.59. The maximum absolute atomic E-state index is 13.1. The number of ketones is 2. The highest BCUT2D eigenvalue weighted by Gasteiger charge is 2.45. The van der Waals surface area contributed by atoms with Crippen LogP contribution in [-0.4, -0.2) is 47.5 Å². The standard InChI is InChI=1S/C23H21N3O6/c1-32-16-8-5-14(6-9-16)25-23(31)24-12-13-3-2-4-17-20(13)22(30)26(21(17)29)18-10-7-15(27)11-19(18)28/h2-6,8-9,18H,7,10-12H2,1H3,(H2,24,25,31). The lowest BCUT2D eigenvalue weighted by molar-refractivity contribution is -0.132. The fourth-order valence-electron chi connectivity index (χ4n) is 3.96. The maximum atomic E-state index is 13.1. The van der Waals surface area contributed by atoms with Gasteiger partial charge in [-0.25, -0.2) is 4.79 Å². The van der Waals surface area contributed by atoms with Crippen molar-refractivity contribution in [3.05, 3.63) is 59.2 Å². The van der Waals surface area contributed by atoms with E-state index < -0.39 is 29.7 Å². The third-order valence-corrected chi connectivity index (χ3v) is 5.57. The van der Waals surface area contributed by atoms with Gasteiger partial charge in [-0.2, -0.15) is 0 Å². The number of amides is 4. The quantitative estimate of drug-likeness (QED) is 0.549. The molecule has 0 bridgehead atoms. The van der Waals surface area contributed by atoms with Crippen LogP contribution in [-0.2, 0) is 16.1 Å². The number of carbonyl (C=O) groups excluding carboxylic acids is 5. The van der Waals surface area contributed by atoms with E-state index in [1.807, 2.05) is 0 Å². The first-order valence-electron chi connectivity index (χ1n) is 10.1. The molecule has 32 heavy (non-hydrogen) atoms. The number of nitrogens with zero attached hydrogens (tertiary/aromatic N) is 1. The van der Waals surface area contributed by atoms with Gasteiger partial charge in [0, 0.05) is 18.7 Å². The van der Waals surface area contributed by atoms with Crippen molar-refractivity contribution in [1.82, 2.24) is 10.2 Å². The highest BCUT2D eigenvalue weighted by molar-refractivity contribution is 6.24. The van der Waals surface area contributed by atoms with Gasteiger partial charge in [0.2, 0.25) is 0 Å². The number of imide groups is 1. The van der Waals surface area contributed by atoms with Crippen molar-refractivity contribution in [2.75, 3.05) is 12.4 Å². The molecule has 9 nitrogen and oxygen atoms in total. The van der Waals surface area contributed by atoms with Gasteiger partial charge in [-0.1, -0.05) is 12.1 Å². The lowest BCUT2D eigenvalue weighted by Gasteiger charge is -2.27. The molecule has 2 N–H and O–H groups in total. The van der Waals surface area contributed by atoms with Gasteiger partial charge in [-0.05, 0) is 42.3 Å². The second-order valence-corrected chi connectivity index (χ2v) is 7.59. The average molecular weight is 435 g/mol. The largest absolute Gasteiger partial charge is 0.497 e. The number of hydrogen-bond donors (Lipinski definition) is 2. The van der Waals surface area contributed by atoms with E-state index in [4.69, 9.17) is 4.74 Å². The lowest BCUT2D eigenvalue weighted by atomic mass is 9.92. The summed E-state index contributed by atoms with van der Waals surface area (Å²) in [4.78, 5) is 63.0. The van der Waals surface area contributed by atoms with Crippen molar-refractivity contribution in [1.29, 1.82) is 0 Å². The van der Waals surface area contributed by atoms with Crippen LogP contribution in [0.2, 0.25) is 0 Å².